The van der Waals surface area contributed by atoms with Gasteiger partial charge in [-0.1, -0.05) is 12.1 Å². The van der Waals surface area contributed by atoms with Gasteiger partial charge in [0.15, 0.2) is 0 Å². The molecule has 6 heteroatoms. The fraction of sp³-hybridized carbons (Fsp3) is 0.533. The minimum Gasteiger partial charge on any atom is -0.330 e. The average Bonchev–Trinajstić information content (AvgIpc) is 2.89. The topological polar surface area (TPSA) is 38.4 Å². The molecule has 2 nitrogen and oxygen atoms in total. The van der Waals surface area contributed by atoms with E-state index in [0.29, 0.717) is 23.3 Å². The summed E-state index contributed by atoms with van der Waals surface area (Å²) in [6.45, 7) is 0.683. The predicted octanol–water partition coefficient (Wildman–Crippen LogP) is 3.69. The number of thioether (sulfide) groups is 1. The van der Waals surface area contributed by atoms with Crippen molar-refractivity contribution >= 4 is 16.8 Å². The minimum atomic E-state index is -4.31. The standard InChI is InChI=1S/C15H17F3N2S/c16-15(17,18)11-3-1-2-10(7-11)14-20-12-5-4-9(8-19)6-13(12)21-14/h1-3,7,9,12-13H,4-6,8,19H2. The lowest BCUT2D eigenvalue weighted by atomic mass is 9.86. The van der Waals surface area contributed by atoms with E-state index < -0.39 is 11.7 Å². The molecule has 1 aliphatic carbocycles. The Bertz CT molecular complexity index is 556. The summed E-state index contributed by atoms with van der Waals surface area (Å²) in [5.41, 5.74) is 5.69. The first-order valence-electron chi connectivity index (χ1n) is 7.09. The maximum absolute atomic E-state index is 12.8. The van der Waals surface area contributed by atoms with Crippen LogP contribution < -0.4 is 5.73 Å². The van der Waals surface area contributed by atoms with E-state index in [2.05, 4.69) is 4.99 Å². The van der Waals surface area contributed by atoms with Gasteiger partial charge in [-0.3, -0.25) is 4.99 Å². The molecule has 3 unspecified atom stereocenters. The first-order chi connectivity index (χ1) is 9.97. The highest BCUT2D eigenvalue weighted by atomic mass is 32.2. The van der Waals surface area contributed by atoms with Gasteiger partial charge in [-0.05, 0) is 43.9 Å². The van der Waals surface area contributed by atoms with E-state index >= 15 is 0 Å². The summed E-state index contributed by atoms with van der Waals surface area (Å²) in [6, 6.07) is 5.69. The molecule has 1 saturated carbocycles. The minimum absolute atomic E-state index is 0.238. The highest BCUT2D eigenvalue weighted by Gasteiger charge is 2.37. The average molecular weight is 314 g/mol. The molecule has 21 heavy (non-hydrogen) atoms. The molecule has 0 aromatic heterocycles. The number of fused-ring (bicyclic) bond motifs is 1. The van der Waals surface area contributed by atoms with Gasteiger partial charge in [0.1, 0.15) is 0 Å². The van der Waals surface area contributed by atoms with Gasteiger partial charge in [0.25, 0.3) is 0 Å². The molecule has 0 bridgehead atoms. The Morgan fingerprint density at radius 2 is 2.10 bits per heavy atom. The van der Waals surface area contributed by atoms with Crippen molar-refractivity contribution in [1.29, 1.82) is 0 Å². The third-order valence-corrected chi connectivity index (χ3v) is 5.56. The predicted molar refractivity (Wildman–Crippen MR) is 79.5 cm³/mol. The Kier molecular flexibility index (Phi) is 4.01. The van der Waals surface area contributed by atoms with E-state index in [1.165, 1.54) is 12.1 Å². The number of benzene rings is 1. The zero-order valence-corrected chi connectivity index (χ0v) is 12.3. The van der Waals surface area contributed by atoms with Gasteiger partial charge in [0.05, 0.1) is 16.6 Å². The maximum atomic E-state index is 12.8. The van der Waals surface area contributed by atoms with Crippen LogP contribution in [0.2, 0.25) is 0 Å². The second kappa shape index (κ2) is 5.65. The first kappa shape index (κ1) is 14.9. The largest absolute Gasteiger partial charge is 0.416 e. The van der Waals surface area contributed by atoms with Gasteiger partial charge >= 0.3 is 6.18 Å². The molecule has 0 spiro atoms. The lowest BCUT2D eigenvalue weighted by molar-refractivity contribution is -0.137. The molecular formula is C15H17F3N2S. The van der Waals surface area contributed by atoms with E-state index in [1.807, 2.05) is 0 Å². The Morgan fingerprint density at radius 3 is 2.81 bits per heavy atom. The number of alkyl halides is 3. The number of halogens is 3. The second-order valence-electron chi connectivity index (χ2n) is 5.65. The van der Waals surface area contributed by atoms with Gasteiger partial charge in [0, 0.05) is 10.8 Å². The molecule has 0 radical (unpaired) electrons. The molecule has 2 aliphatic rings. The van der Waals surface area contributed by atoms with Gasteiger partial charge in [-0.15, -0.1) is 11.8 Å². The van der Waals surface area contributed by atoms with Crippen LogP contribution in [0.4, 0.5) is 13.2 Å². The van der Waals surface area contributed by atoms with E-state index in [9.17, 15) is 13.2 Å². The monoisotopic (exact) mass is 314 g/mol. The fourth-order valence-corrected chi connectivity index (χ4v) is 4.45. The highest BCUT2D eigenvalue weighted by Crippen LogP contribution is 2.41. The molecule has 1 aromatic carbocycles. The summed E-state index contributed by atoms with van der Waals surface area (Å²) in [5.74, 6) is 0.523. The van der Waals surface area contributed by atoms with Crippen molar-refractivity contribution < 1.29 is 13.2 Å². The summed E-state index contributed by atoms with van der Waals surface area (Å²) in [5, 5.41) is 1.12. The van der Waals surface area contributed by atoms with Crippen LogP contribution >= 0.6 is 11.8 Å². The quantitative estimate of drug-likeness (QED) is 0.904. The number of rotatable bonds is 2. The van der Waals surface area contributed by atoms with Crippen molar-refractivity contribution in [3.63, 3.8) is 0 Å². The first-order valence-corrected chi connectivity index (χ1v) is 7.97. The van der Waals surface area contributed by atoms with Crippen molar-refractivity contribution in [1.82, 2.24) is 0 Å². The van der Waals surface area contributed by atoms with Crippen LogP contribution in [-0.4, -0.2) is 22.9 Å². The lowest BCUT2D eigenvalue weighted by Crippen LogP contribution is -2.31. The van der Waals surface area contributed by atoms with Crippen molar-refractivity contribution in [3.8, 4) is 0 Å². The van der Waals surface area contributed by atoms with Crippen LogP contribution in [0.5, 0.6) is 0 Å². The van der Waals surface area contributed by atoms with Gasteiger partial charge < -0.3 is 5.73 Å². The molecule has 1 heterocycles. The number of aliphatic imine (C=N–C) groups is 1. The zero-order valence-electron chi connectivity index (χ0n) is 11.4. The molecule has 3 atom stereocenters. The van der Waals surface area contributed by atoms with Crippen molar-refractivity contribution in [3.05, 3.63) is 35.4 Å². The molecule has 1 fully saturated rings. The molecule has 114 valence electrons. The van der Waals surface area contributed by atoms with Crippen LogP contribution in [0.15, 0.2) is 29.3 Å². The van der Waals surface area contributed by atoms with Gasteiger partial charge in [-0.25, -0.2) is 0 Å². The van der Waals surface area contributed by atoms with E-state index in [0.717, 1.165) is 30.4 Å². The smallest absolute Gasteiger partial charge is 0.330 e. The molecule has 2 N–H and O–H groups in total. The zero-order chi connectivity index (χ0) is 15.0. The van der Waals surface area contributed by atoms with Crippen molar-refractivity contribution in [2.24, 2.45) is 16.6 Å². The van der Waals surface area contributed by atoms with E-state index in [1.54, 1.807) is 17.8 Å². The lowest BCUT2D eigenvalue weighted by Gasteiger charge is -2.28. The molecule has 1 aromatic rings. The Morgan fingerprint density at radius 1 is 1.29 bits per heavy atom. The molecule has 3 rings (SSSR count). The van der Waals surface area contributed by atoms with E-state index in [-0.39, 0.29) is 6.04 Å². The van der Waals surface area contributed by atoms with Gasteiger partial charge in [-0.2, -0.15) is 13.2 Å². The molecular weight excluding hydrogens is 297 g/mol. The van der Waals surface area contributed by atoms with Crippen molar-refractivity contribution in [2.75, 3.05) is 6.54 Å². The number of nitrogens with two attached hydrogens (primary N) is 1. The third kappa shape index (κ3) is 3.11. The van der Waals surface area contributed by atoms with Crippen LogP contribution in [0.3, 0.4) is 0 Å². The summed E-state index contributed by atoms with van der Waals surface area (Å²) in [4.78, 5) is 4.64. The number of hydrogen-bond donors (Lipinski definition) is 1. The molecule has 0 amide bonds. The van der Waals surface area contributed by atoms with Crippen molar-refractivity contribution in [2.45, 2.75) is 36.7 Å². The summed E-state index contributed by atoms with van der Waals surface area (Å²) in [6.07, 6.45) is -1.24. The SMILES string of the molecule is NCC1CCC2N=C(c3cccc(C(F)(F)F)c3)SC2C1. The van der Waals surface area contributed by atoms with Crippen LogP contribution in [-0.2, 0) is 6.18 Å². The summed E-state index contributed by atoms with van der Waals surface area (Å²) in [7, 11) is 0. The van der Waals surface area contributed by atoms with Crippen LogP contribution in [0, 0.1) is 5.92 Å². The number of nitrogens with zero attached hydrogens (tertiary/aromatic N) is 1. The highest BCUT2D eigenvalue weighted by molar-refractivity contribution is 8.15. The fourth-order valence-electron chi connectivity index (χ4n) is 2.98. The van der Waals surface area contributed by atoms with Gasteiger partial charge in [0.2, 0.25) is 0 Å². The normalized spacial score (nSPS) is 29.1. The molecule has 0 saturated heterocycles. The second-order valence-corrected chi connectivity index (χ2v) is 6.88. The third-order valence-electron chi connectivity index (χ3n) is 4.18. The Labute approximate surface area is 126 Å². The van der Waals surface area contributed by atoms with Crippen LogP contribution in [0.25, 0.3) is 0 Å². The maximum Gasteiger partial charge on any atom is 0.416 e. The Balaban J connectivity index is 1.80. The number of hydrogen-bond acceptors (Lipinski definition) is 3. The molecule has 1 aliphatic heterocycles. The van der Waals surface area contributed by atoms with Crippen LogP contribution in [0.1, 0.15) is 30.4 Å². The Hall–Kier alpha value is -1.01. The summed E-state index contributed by atoms with van der Waals surface area (Å²) >= 11 is 1.61. The van der Waals surface area contributed by atoms with E-state index in [4.69, 9.17) is 5.73 Å². The summed E-state index contributed by atoms with van der Waals surface area (Å²) < 4.78 is 38.4.